The van der Waals surface area contributed by atoms with E-state index in [0.717, 1.165) is 13.0 Å². The summed E-state index contributed by atoms with van der Waals surface area (Å²) in [5.41, 5.74) is 2.46. The third-order valence-corrected chi connectivity index (χ3v) is 3.57. The molecule has 1 N–H and O–H groups in total. The number of nitrogens with zero attached hydrogens (tertiary/aromatic N) is 2. The van der Waals surface area contributed by atoms with E-state index < -0.39 is 0 Å². The highest BCUT2D eigenvalue weighted by Gasteiger charge is 2.11. The smallest absolute Gasteiger partial charge is 0.0705 e. The quantitative estimate of drug-likeness (QED) is 0.863. The Labute approximate surface area is 116 Å². The summed E-state index contributed by atoms with van der Waals surface area (Å²) in [6, 6.07) is 9.05. The molecule has 2 aromatic rings. The van der Waals surface area contributed by atoms with Gasteiger partial charge in [0.1, 0.15) is 0 Å². The Balaban J connectivity index is 2.01. The molecule has 3 nitrogen and oxygen atoms in total. The van der Waals surface area contributed by atoms with Crippen molar-refractivity contribution >= 4 is 10.9 Å². The predicted molar refractivity (Wildman–Crippen MR) is 81.3 cm³/mol. The van der Waals surface area contributed by atoms with E-state index in [4.69, 9.17) is 0 Å². The lowest BCUT2D eigenvalue weighted by molar-refractivity contribution is 0.472. The van der Waals surface area contributed by atoms with Crippen LogP contribution in [0, 0.1) is 5.92 Å². The van der Waals surface area contributed by atoms with Crippen LogP contribution in [0.25, 0.3) is 10.9 Å². The number of fused-ring (bicyclic) bond motifs is 1. The zero-order chi connectivity index (χ0) is 13.8. The summed E-state index contributed by atoms with van der Waals surface area (Å²) in [6.45, 7) is 7.78. The lowest BCUT2D eigenvalue weighted by atomic mass is 10.00. The maximum Gasteiger partial charge on any atom is 0.0705 e. The Bertz CT molecular complexity index is 528. The van der Waals surface area contributed by atoms with Gasteiger partial charge >= 0.3 is 0 Å². The minimum absolute atomic E-state index is 0.572. The Kier molecular flexibility index (Phi) is 4.59. The van der Waals surface area contributed by atoms with Crippen LogP contribution in [0.15, 0.2) is 24.3 Å². The second kappa shape index (κ2) is 6.20. The molecule has 1 unspecified atom stereocenters. The highest BCUT2D eigenvalue weighted by molar-refractivity contribution is 5.81. The van der Waals surface area contributed by atoms with Crippen LogP contribution in [0.2, 0.25) is 0 Å². The normalized spacial score (nSPS) is 13.3. The van der Waals surface area contributed by atoms with Crippen molar-refractivity contribution in [1.82, 2.24) is 15.1 Å². The first-order valence-electron chi connectivity index (χ1n) is 7.22. The molecular formula is C16H25N3. The maximum absolute atomic E-state index is 4.67. The maximum atomic E-state index is 4.67. The van der Waals surface area contributed by atoms with Crippen molar-refractivity contribution < 1.29 is 0 Å². The molecule has 0 aliphatic rings. The molecular weight excluding hydrogens is 234 g/mol. The molecule has 0 bridgehead atoms. The van der Waals surface area contributed by atoms with Crippen LogP contribution in [0.1, 0.15) is 32.9 Å². The molecule has 0 saturated heterocycles. The van der Waals surface area contributed by atoms with Crippen LogP contribution in [0.3, 0.4) is 0 Å². The monoisotopic (exact) mass is 259 g/mol. The molecule has 2 rings (SSSR count). The molecule has 0 amide bonds. The molecule has 0 aliphatic heterocycles. The van der Waals surface area contributed by atoms with Crippen molar-refractivity contribution in [2.24, 2.45) is 13.0 Å². The zero-order valence-corrected chi connectivity index (χ0v) is 12.5. The van der Waals surface area contributed by atoms with Crippen LogP contribution in [-0.2, 0) is 13.5 Å². The summed E-state index contributed by atoms with van der Waals surface area (Å²) < 4.78 is 1.99. The fourth-order valence-electron chi connectivity index (χ4n) is 2.49. The highest BCUT2D eigenvalue weighted by Crippen LogP contribution is 2.21. The lowest BCUT2D eigenvalue weighted by Crippen LogP contribution is -2.25. The molecule has 19 heavy (non-hydrogen) atoms. The molecule has 1 aromatic heterocycles. The number of rotatable bonds is 6. The van der Waals surface area contributed by atoms with E-state index in [0.29, 0.717) is 12.0 Å². The summed E-state index contributed by atoms with van der Waals surface area (Å²) in [4.78, 5) is 0. The van der Waals surface area contributed by atoms with Crippen molar-refractivity contribution in [3.8, 4) is 0 Å². The van der Waals surface area contributed by atoms with Crippen LogP contribution in [0.5, 0.6) is 0 Å². The summed E-state index contributed by atoms with van der Waals surface area (Å²) in [6.07, 6.45) is 2.25. The van der Waals surface area contributed by atoms with Gasteiger partial charge in [0.25, 0.3) is 0 Å². The molecule has 1 aromatic carbocycles. The Morgan fingerprint density at radius 2 is 1.95 bits per heavy atom. The van der Waals surface area contributed by atoms with E-state index in [9.17, 15) is 0 Å². The van der Waals surface area contributed by atoms with E-state index in [1.165, 1.54) is 23.0 Å². The number of nitrogens with one attached hydrogen (secondary N) is 1. The average molecular weight is 259 g/mol. The molecule has 104 valence electrons. The van der Waals surface area contributed by atoms with Gasteiger partial charge in [-0.15, -0.1) is 0 Å². The molecule has 0 saturated carbocycles. The largest absolute Gasteiger partial charge is 0.315 e. The molecule has 0 spiro atoms. The van der Waals surface area contributed by atoms with Gasteiger partial charge in [-0.25, -0.2) is 0 Å². The van der Waals surface area contributed by atoms with Crippen molar-refractivity contribution in [3.05, 3.63) is 30.0 Å². The first kappa shape index (κ1) is 14.1. The number of aromatic nitrogens is 2. The number of hydrogen-bond donors (Lipinski definition) is 1. The average Bonchev–Trinajstić information content (AvgIpc) is 2.66. The number of benzene rings is 1. The van der Waals surface area contributed by atoms with Crippen LogP contribution in [-0.4, -0.2) is 22.4 Å². The Morgan fingerprint density at radius 3 is 2.68 bits per heavy atom. The van der Waals surface area contributed by atoms with Crippen LogP contribution >= 0.6 is 0 Å². The summed E-state index contributed by atoms with van der Waals surface area (Å²) in [5, 5.41) is 9.45. The number of para-hydroxylation sites is 1. The van der Waals surface area contributed by atoms with Gasteiger partial charge in [-0.05, 0) is 31.4 Å². The van der Waals surface area contributed by atoms with Gasteiger partial charge in [0.2, 0.25) is 0 Å². The van der Waals surface area contributed by atoms with Crippen molar-refractivity contribution in [2.45, 2.75) is 39.7 Å². The van der Waals surface area contributed by atoms with Gasteiger partial charge in [0, 0.05) is 18.5 Å². The highest BCUT2D eigenvalue weighted by atomic mass is 15.3. The summed E-state index contributed by atoms with van der Waals surface area (Å²) in [7, 11) is 2.02. The first-order chi connectivity index (χ1) is 9.08. The summed E-state index contributed by atoms with van der Waals surface area (Å²) >= 11 is 0. The van der Waals surface area contributed by atoms with E-state index in [2.05, 4.69) is 55.5 Å². The minimum Gasteiger partial charge on any atom is -0.315 e. The molecule has 0 aliphatic carbocycles. The fourth-order valence-corrected chi connectivity index (χ4v) is 2.49. The zero-order valence-electron chi connectivity index (χ0n) is 12.5. The van der Waals surface area contributed by atoms with Crippen molar-refractivity contribution in [2.75, 3.05) is 6.54 Å². The topological polar surface area (TPSA) is 29.9 Å². The Hall–Kier alpha value is -1.35. The van der Waals surface area contributed by atoms with Crippen molar-refractivity contribution in [3.63, 3.8) is 0 Å². The van der Waals surface area contributed by atoms with Gasteiger partial charge < -0.3 is 5.32 Å². The second-order valence-electron chi connectivity index (χ2n) is 5.79. The van der Waals surface area contributed by atoms with E-state index >= 15 is 0 Å². The molecule has 3 heteroatoms. The van der Waals surface area contributed by atoms with Gasteiger partial charge in [-0.3, -0.25) is 4.68 Å². The van der Waals surface area contributed by atoms with E-state index in [1.807, 2.05) is 11.7 Å². The first-order valence-corrected chi connectivity index (χ1v) is 7.22. The van der Waals surface area contributed by atoms with Gasteiger partial charge in [-0.1, -0.05) is 39.0 Å². The van der Waals surface area contributed by atoms with Gasteiger partial charge in [0.15, 0.2) is 0 Å². The van der Waals surface area contributed by atoms with Crippen LogP contribution < -0.4 is 5.32 Å². The van der Waals surface area contributed by atoms with Crippen molar-refractivity contribution in [1.29, 1.82) is 0 Å². The van der Waals surface area contributed by atoms with Crippen LogP contribution in [0.4, 0.5) is 0 Å². The molecule has 0 fully saturated rings. The molecule has 1 atom stereocenters. The molecule has 0 radical (unpaired) electrons. The standard InChI is InChI=1S/C16H25N3/c1-12(2)17-10-9-13(3)11-15-14-7-5-6-8-16(14)19(4)18-15/h5-8,12-13,17H,9-11H2,1-4H3. The third-order valence-electron chi connectivity index (χ3n) is 3.57. The lowest BCUT2D eigenvalue weighted by Gasteiger charge is -2.12. The third kappa shape index (κ3) is 3.57. The minimum atomic E-state index is 0.572. The SMILES string of the molecule is CC(CCNC(C)C)Cc1nn(C)c2ccccc12. The van der Waals surface area contributed by atoms with Gasteiger partial charge in [0.05, 0.1) is 11.2 Å². The van der Waals surface area contributed by atoms with E-state index in [1.54, 1.807) is 0 Å². The number of hydrogen-bond acceptors (Lipinski definition) is 2. The van der Waals surface area contributed by atoms with Gasteiger partial charge in [-0.2, -0.15) is 5.10 Å². The summed E-state index contributed by atoms with van der Waals surface area (Å²) in [5.74, 6) is 0.657. The Morgan fingerprint density at radius 1 is 1.21 bits per heavy atom. The van der Waals surface area contributed by atoms with E-state index in [-0.39, 0.29) is 0 Å². The fraction of sp³-hybridized carbons (Fsp3) is 0.562. The predicted octanol–water partition coefficient (Wildman–Crippen LogP) is 3.14. The number of aryl methyl sites for hydroxylation is 1. The molecule has 1 heterocycles. The second-order valence-corrected chi connectivity index (χ2v) is 5.79.